The minimum Gasteiger partial charge on any atom is -0.454 e. The van der Waals surface area contributed by atoms with Gasteiger partial charge in [-0.3, -0.25) is 0 Å². The van der Waals surface area contributed by atoms with Crippen molar-refractivity contribution in [1.82, 2.24) is 9.97 Å². The van der Waals surface area contributed by atoms with E-state index in [1.807, 2.05) is 13.8 Å². The van der Waals surface area contributed by atoms with E-state index in [4.69, 9.17) is 16.3 Å². The van der Waals surface area contributed by atoms with Gasteiger partial charge in [-0.05, 0) is 24.3 Å². The van der Waals surface area contributed by atoms with Crippen LogP contribution in [0.15, 0.2) is 30.5 Å². The van der Waals surface area contributed by atoms with E-state index < -0.39 is 0 Å². The van der Waals surface area contributed by atoms with E-state index in [1.54, 1.807) is 18.3 Å². The van der Waals surface area contributed by atoms with Gasteiger partial charge in [0.15, 0.2) is 5.75 Å². The van der Waals surface area contributed by atoms with E-state index in [0.29, 0.717) is 17.2 Å². The van der Waals surface area contributed by atoms with E-state index >= 15 is 0 Å². The maximum Gasteiger partial charge on any atom is 0.168 e. The number of ether oxygens (including phenoxy) is 1. The summed E-state index contributed by atoms with van der Waals surface area (Å²) in [6.45, 7) is 4.02. The van der Waals surface area contributed by atoms with Crippen LogP contribution in [0.25, 0.3) is 0 Å². The zero-order chi connectivity index (χ0) is 13.8. The molecule has 0 aliphatic carbocycles. The summed E-state index contributed by atoms with van der Waals surface area (Å²) in [5, 5.41) is 0. The van der Waals surface area contributed by atoms with Gasteiger partial charge in [-0.2, -0.15) is 0 Å². The first-order valence-corrected chi connectivity index (χ1v) is 6.49. The molecule has 0 fully saturated rings. The summed E-state index contributed by atoms with van der Waals surface area (Å²) < 4.78 is 18.4. The highest BCUT2D eigenvalue weighted by Gasteiger charge is 2.11. The standard InChI is InChI=1S/C14H14ClFN2O/c1-9(2)14-17-8-13(12(7-15)18-14)19-11-5-3-10(16)4-6-11/h3-6,8-9H,7H2,1-2H3. The largest absolute Gasteiger partial charge is 0.454 e. The van der Waals surface area contributed by atoms with Crippen LogP contribution < -0.4 is 4.74 Å². The Morgan fingerprint density at radius 2 is 1.95 bits per heavy atom. The predicted octanol–water partition coefficient (Wildman–Crippen LogP) is 4.27. The maximum absolute atomic E-state index is 12.8. The number of hydrogen-bond acceptors (Lipinski definition) is 3. The van der Waals surface area contributed by atoms with Crippen LogP contribution in [0.2, 0.25) is 0 Å². The van der Waals surface area contributed by atoms with Crippen molar-refractivity contribution in [3.63, 3.8) is 0 Å². The molecular weight excluding hydrogens is 267 g/mol. The molecule has 0 aliphatic rings. The highest BCUT2D eigenvalue weighted by atomic mass is 35.5. The molecular formula is C14H14ClFN2O. The Morgan fingerprint density at radius 3 is 2.53 bits per heavy atom. The molecule has 100 valence electrons. The fourth-order valence-corrected chi connectivity index (χ4v) is 1.70. The molecule has 0 atom stereocenters. The molecule has 0 bridgehead atoms. The molecule has 2 rings (SSSR count). The number of benzene rings is 1. The Bertz CT molecular complexity index is 558. The van der Waals surface area contributed by atoms with E-state index in [9.17, 15) is 4.39 Å². The summed E-state index contributed by atoms with van der Waals surface area (Å²) in [6, 6.07) is 5.76. The van der Waals surface area contributed by atoms with E-state index in [1.165, 1.54) is 12.1 Å². The van der Waals surface area contributed by atoms with Crippen LogP contribution in [0.3, 0.4) is 0 Å². The number of nitrogens with zero attached hydrogens (tertiary/aromatic N) is 2. The van der Waals surface area contributed by atoms with Gasteiger partial charge in [0, 0.05) is 5.92 Å². The third-order valence-electron chi connectivity index (χ3n) is 2.53. The van der Waals surface area contributed by atoms with Gasteiger partial charge in [0.05, 0.1) is 12.1 Å². The fraction of sp³-hybridized carbons (Fsp3) is 0.286. The SMILES string of the molecule is CC(C)c1ncc(Oc2ccc(F)cc2)c(CCl)n1. The third kappa shape index (κ3) is 3.41. The zero-order valence-electron chi connectivity index (χ0n) is 10.7. The van der Waals surface area contributed by atoms with Crippen LogP contribution in [0.4, 0.5) is 4.39 Å². The number of halogens is 2. The van der Waals surface area contributed by atoms with Crippen molar-refractivity contribution in [3.05, 3.63) is 47.8 Å². The predicted molar refractivity (Wildman–Crippen MR) is 72.2 cm³/mol. The van der Waals surface area contributed by atoms with Gasteiger partial charge < -0.3 is 4.74 Å². The lowest BCUT2D eigenvalue weighted by atomic mass is 10.2. The lowest BCUT2D eigenvalue weighted by molar-refractivity contribution is 0.468. The van der Waals surface area contributed by atoms with Gasteiger partial charge in [0.2, 0.25) is 0 Å². The summed E-state index contributed by atoms with van der Waals surface area (Å²) in [7, 11) is 0. The average molecular weight is 281 g/mol. The van der Waals surface area contributed by atoms with Gasteiger partial charge in [0.1, 0.15) is 23.1 Å². The number of aromatic nitrogens is 2. The summed E-state index contributed by atoms with van der Waals surface area (Å²) in [4.78, 5) is 8.59. The normalized spacial score (nSPS) is 10.8. The van der Waals surface area contributed by atoms with E-state index in [2.05, 4.69) is 9.97 Å². The summed E-state index contributed by atoms with van der Waals surface area (Å²) in [5.41, 5.74) is 0.629. The van der Waals surface area contributed by atoms with Crippen molar-refractivity contribution >= 4 is 11.6 Å². The second-order valence-electron chi connectivity index (χ2n) is 4.38. The fourth-order valence-electron chi connectivity index (χ4n) is 1.51. The van der Waals surface area contributed by atoms with E-state index in [0.717, 1.165) is 5.82 Å². The second kappa shape index (κ2) is 5.97. The molecule has 0 amide bonds. The molecule has 0 saturated carbocycles. The quantitative estimate of drug-likeness (QED) is 0.785. The molecule has 1 heterocycles. The third-order valence-corrected chi connectivity index (χ3v) is 2.79. The van der Waals surface area contributed by atoms with Gasteiger partial charge in [0.25, 0.3) is 0 Å². The van der Waals surface area contributed by atoms with Crippen LogP contribution in [0.1, 0.15) is 31.3 Å². The highest BCUT2D eigenvalue weighted by Crippen LogP contribution is 2.26. The molecule has 5 heteroatoms. The lowest BCUT2D eigenvalue weighted by Crippen LogP contribution is -2.02. The molecule has 1 aromatic carbocycles. The summed E-state index contributed by atoms with van der Waals surface area (Å²) in [5.74, 6) is 1.89. The number of hydrogen-bond donors (Lipinski definition) is 0. The molecule has 0 N–H and O–H groups in total. The van der Waals surface area contributed by atoms with Crippen molar-refractivity contribution in [1.29, 1.82) is 0 Å². The van der Waals surface area contributed by atoms with Gasteiger partial charge >= 0.3 is 0 Å². The monoisotopic (exact) mass is 280 g/mol. The zero-order valence-corrected chi connectivity index (χ0v) is 11.5. The molecule has 0 spiro atoms. The first-order valence-electron chi connectivity index (χ1n) is 5.95. The van der Waals surface area contributed by atoms with Crippen LogP contribution in [-0.4, -0.2) is 9.97 Å². The summed E-state index contributed by atoms with van der Waals surface area (Å²) in [6.07, 6.45) is 1.60. The molecule has 2 aromatic rings. The molecule has 19 heavy (non-hydrogen) atoms. The molecule has 0 aliphatic heterocycles. The van der Waals surface area contributed by atoms with Crippen molar-refractivity contribution < 1.29 is 9.13 Å². The minimum absolute atomic E-state index is 0.224. The highest BCUT2D eigenvalue weighted by molar-refractivity contribution is 6.17. The van der Waals surface area contributed by atoms with Crippen molar-refractivity contribution in [3.8, 4) is 11.5 Å². The first kappa shape index (κ1) is 13.7. The number of rotatable bonds is 4. The molecule has 1 aromatic heterocycles. The minimum atomic E-state index is -0.309. The van der Waals surface area contributed by atoms with E-state index in [-0.39, 0.29) is 17.6 Å². The van der Waals surface area contributed by atoms with Crippen LogP contribution in [0.5, 0.6) is 11.5 Å². The second-order valence-corrected chi connectivity index (χ2v) is 4.65. The molecule has 0 radical (unpaired) electrons. The Balaban J connectivity index is 2.27. The smallest absolute Gasteiger partial charge is 0.168 e. The summed E-state index contributed by atoms with van der Waals surface area (Å²) >= 11 is 5.87. The van der Waals surface area contributed by atoms with Crippen molar-refractivity contribution in [2.24, 2.45) is 0 Å². The van der Waals surface area contributed by atoms with Crippen LogP contribution in [0, 0.1) is 5.82 Å². The lowest BCUT2D eigenvalue weighted by Gasteiger charge is -2.11. The molecule has 0 saturated heterocycles. The average Bonchev–Trinajstić information content (AvgIpc) is 2.41. The maximum atomic E-state index is 12.8. The van der Waals surface area contributed by atoms with Crippen LogP contribution in [-0.2, 0) is 5.88 Å². The molecule has 0 unspecified atom stereocenters. The topological polar surface area (TPSA) is 35.0 Å². The Hall–Kier alpha value is -1.68. The number of alkyl halides is 1. The van der Waals surface area contributed by atoms with Gasteiger partial charge in [-0.1, -0.05) is 13.8 Å². The van der Waals surface area contributed by atoms with Gasteiger partial charge in [-0.25, -0.2) is 14.4 Å². The van der Waals surface area contributed by atoms with Crippen molar-refractivity contribution in [2.45, 2.75) is 25.6 Å². The molecule has 3 nitrogen and oxygen atoms in total. The van der Waals surface area contributed by atoms with Crippen molar-refractivity contribution in [2.75, 3.05) is 0 Å². The van der Waals surface area contributed by atoms with Crippen LogP contribution >= 0.6 is 11.6 Å². The Kier molecular flexibility index (Phi) is 4.32. The first-order chi connectivity index (χ1) is 9.10. The Morgan fingerprint density at radius 1 is 1.26 bits per heavy atom. The van der Waals surface area contributed by atoms with Gasteiger partial charge in [-0.15, -0.1) is 11.6 Å². The Labute approximate surface area is 116 Å².